The van der Waals surface area contributed by atoms with Crippen LogP contribution in [0.3, 0.4) is 0 Å². The van der Waals surface area contributed by atoms with Crippen molar-refractivity contribution in [1.82, 2.24) is 0 Å². The zero-order valence-corrected chi connectivity index (χ0v) is 23.2. The summed E-state index contributed by atoms with van der Waals surface area (Å²) < 4.78 is 16.3. The van der Waals surface area contributed by atoms with Crippen molar-refractivity contribution in [1.29, 1.82) is 0 Å². The number of carbonyl (C=O) groups is 1. The third-order valence-corrected chi connectivity index (χ3v) is 7.91. The van der Waals surface area contributed by atoms with Gasteiger partial charge in [-0.25, -0.2) is 4.79 Å². The molecule has 5 atom stereocenters. The standard InChI is InChI=1S/C29H32ClNO7S/c1-3-37-21-9-4-17(5-10-21)14-19-15-18(6-13-23(19)30)28-27(34)26(33)25(32)24(38-28)16-39-22-11-7-20(8-12-22)31-29(35)36-2/h4-13,15,24-28,32-34H,3,14,16H2,1-2H3,(H,31,35)/t24-,25-,26+,27-,28+/m1/s1. The summed E-state index contributed by atoms with van der Waals surface area (Å²) in [5.41, 5.74) is 3.14. The molecule has 3 aromatic rings. The molecule has 0 unspecified atom stereocenters. The third-order valence-electron chi connectivity index (χ3n) is 6.44. The fourth-order valence-corrected chi connectivity index (χ4v) is 5.49. The van der Waals surface area contributed by atoms with E-state index in [1.54, 1.807) is 24.3 Å². The quantitative estimate of drug-likeness (QED) is 0.269. The van der Waals surface area contributed by atoms with Crippen LogP contribution in [0.1, 0.15) is 29.7 Å². The van der Waals surface area contributed by atoms with Crippen molar-refractivity contribution in [3.05, 3.63) is 88.4 Å². The van der Waals surface area contributed by atoms with Gasteiger partial charge in [-0.1, -0.05) is 35.9 Å². The van der Waals surface area contributed by atoms with E-state index in [1.807, 2.05) is 49.4 Å². The monoisotopic (exact) mass is 573 g/mol. The summed E-state index contributed by atoms with van der Waals surface area (Å²) in [5, 5.41) is 35.2. The Hall–Kier alpha value is -2.79. The number of aliphatic hydroxyl groups excluding tert-OH is 3. The molecule has 3 aromatic carbocycles. The average Bonchev–Trinajstić information content (AvgIpc) is 2.94. The van der Waals surface area contributed by atoms with Gasteiger partial charge in [-0.05, 0) is 72.5 Å². The SMILES string of the molecule is CCOc1ccc(Cc2cc([C@@H]3O[C@H](CSc4ccc(NC(=O)OC)cc4)[C@@H](O)[C@H](O)[C@H]3O)ccc2Cl)cc1. The second-order valence-electron chi connectivity index (χ2n) is 9.12. The maximum absolute atomic E-state index is 11.4. The van der Waals surface area contributed by atoms with Crippen LogP contribution in [-0.2, 0) is 15.9 Å². The second kappa shape index (κ2) is 13.5. The topological polar surface area (TPSA) is 117 Å². The van der Waals surface area contributed by atoms with Crippen LogP contribution < -0.4 is 10.1 Å². The van der Waals surface area contributed by atoms with E-state index >= 15 is 0 Å². The maximum Gasteiger partial charge on any atom is 0.411 e. The molecule has 0 spiro atoms. The van der Waals surface area contributed by atoms with Gasteiger partial charge in [-0.15, -0.1) is 11.8 Å². The molecule has 0 bridgehead atoms. The van der Waals surface area contributed by atoms with Crippen LogP contribution in [-0.4, -0.2) is 65.3 Å². The van der Waals surface area contributed by atoms with Gasteiger partial charge in [0.25, 0.3) is 0 Å². The highest BCUT2D eigenvalue weighted by atomic mass is 35.5. The number of benzene rings is 3. The largest absolute Gasteiger partial charge is 0.494 e. The smallest absolute Gasteiger partial charge is 0.411 e. The molecule has 1 amide bonds. The normalized spacial score (nSPS) is 22.8. The van der Waals surface area contributed by atoms with Crippen LogP contribution in [0.15, 0.2) is 71.6 Å². The van der Waals surface area contributed by atoms with Gasteiger partial charge in [0.1, 0.15) is 30.2 Å². The minimum absolute atomic E-state index is 0.331. The molecule has 1 fully saturated rings. The molecular weight excluding hydrogens is 542 g/mol. The highest BCUT2D eigenvalue weighted by Gasteiger charge is 2.44. The number of ether oxygens (including phenoxy) is 3. The number of anilines is 1. The highest BCUT2D eigenvalue weighted by molar-refractivity contribution is 7.99. The molecule has 1 heterocycles. The van der Waals surface area contributed by atoms with Crippen molar-refractivity contribution in [2.45, 2.75) is 48.8 Å². The lowest BCUT2D eigenvalue weighted by molar-refractivity contribution is -0.218. The number of methoxy groups -OCH3 is 1. The van der Waals surface area contributed by atoms with Gasteiger partial charge in [-0.2, -0.15) is 0 Å². The van der Waals surface area contributed by atoms with Crippen LogP contribution in [0.25, 0.3) is 0 Å². The second-order valence-corrected chi connectivity index (χ2v) is 10.6. The van der Waals surface area contributed by atoms with Gasteiger partial charge in [0.05, 0.1) is 19.8 Å². The lowest BCUT2D eigenvalue weighted by Crippen LogP contribution is -2.54. The molecule has 4 N–H and O–H groups in total. The van der Waals surface area contributed by atoms with Gasteiger partial charge in [0, 0.05) is 21.4 Å². The van der Waals surface area contributed by atoms with E-state index in [0.717, 1.165) is 21.8 Å². The van der Waals surface area contributed by atoms with E-state index in [-0.39, 0.29) is 0 Å². The highest BCUT2D eigenvalue weighted by Crippen LogP contribution is 2.36. The molecule has 1 aliphatic heterocycles. The molecule has 0 saturated carbocycles. The Morgan fingerprint density at radius 1 is 1.00 bits per heavy atom. The first-order valence-electron chi connectivity index (χ1n) is 12.6. The lowest BCUT2D eigenvalue weighted by Gasteiger charge is -2.41. The summed E-state index contributed by atoms with van der Waals surface area (Å²) >= 11 is 7.92. The fourth-order valence-electron chi connectivity index (χ4n) is 4.34. The van der Waals surface area contributed by atoms with Crippen molar-refractivity contribution in [2.24, 2.45) is 0 Å². The van der Waals surface area contributed by atoms with E-state index in [0.29, 0.717) is 35.1 Å². The van der Waals surface area contributed by atoms with Crippen molar-refractivity contribution in [2.75, 3.05) is 24.8 Å². The summed E-state index contributed by atoms with van der Waals surface area (Å²) in [6.45, 7) is 2.53. The Kier molecular flexibility index (Phi) is 10.1. The van der Waals surface area contributed by atoms with Crippen LogP contribution in [0, 0.1) is 0 Å². The van der Waals surface area contributed by atoms with E-state index < -0.39 is 36.6 Å². The predicted octanol–water partition coefficient (Wildman–Crippen LogP) is 4.82. The third kappa shape index (κ3) is 7.45. The molecule has 4 rings (SSSR count). The summed E-state index contributed by atoms with van der Waals surface area (Å²) in [6.07, 6.45) is -5.55. The minimum atomic E-state index is -1.38. The van der Waals surface area contributed by atoms with Gasteiger partial charge in [0.15, 0.2) is 0 Å². The number of hydrogen-bond donors (Lipinski definition) is 4. The molecule has 8 nitrogen and oxygen atoms in total. The van der Waals surface area contributed by atoms with Crippen molar-refractivity contribution in [3.63, 3.8) is 0 Å². The van der Waals surface area contributed by atoms with Gasteiger partial charge in [0.2, 0.25) is 0 Å². The van der Waals surface area contributed by atoms with Crippen LogP contribution in [0.2, 0.25) is 5.02 Å². The van der Waals surface area contributed by atoms with Crippen molar-refractivity contribution >= 4 is 35.1 Å². The number of rotatable bonds is 9. The fraction of sp³-hybridized carbons (Fsp3) is 0.345. The summed E-state index contributed by atoms with van der Waals surface area (Å²) in [5.74, 6) is 1.13. The number of amides is 1. The first-order chi connectivity index (χ1) is 18.8. The van der Waals surface area contributed by atoms with E-state index in [1.165, 1.54) is 18.9 Å². The Morgan fingerprint density at radius 3 is 2.38 bits per heavy atom. The minimum Gasteiger partial charge on any atom is -0.494 e. The number of aliphatic hydroxyl groups is 3. The molecule has 39 heavy (non-hydrogen) atoms. The van der Waals surface area contributed by atoms with Gasteiger partial charge < -0.3 is 29.5 Å². The first kappa shape index (κ1) is 29.2. The van der Waals surface area contributed by atoms with E-state index in [4.69, 9.17) is 21.1 Å². The maximum atomic E-state index is 11.4. The molecule has 1 aliphatic rings. The summed E-state index contributed by atoms with van der Waals surface area (Å²) in [7, 11) is 1.29. The molecule has 10 heteroatoms. The summed E-state index contributed by atoms with van der Waals surface area (Å²) in [4.78, 5) is 12.2. The summed E-state index contributed by atoms with van der Waals surface area (Å²) in [6, 6.07) is 20.3. The molecule has 0 aromatic heterocycles. The van der Waals surface area contributed by atoms with Crippen molar-refractivity contribution < 1.29 is 34.3 Å². The zero-order valence-electron chi connectivity index (χ0n) is 21.6. The molecular formula is C29H32ClNO7S. The number of thioether (sulfide) groups is 1. The van der Waals surface area contributed by atoms with Crippen LogP contribution >= 0.6 is 23.4 Å². The van der Waals surface area contributed by atoms with Crippen molar-refractivity contribution in [3.8, 4) is 5.75 Å². The van der Waals surface area contributed by atoms with Crippen LogP contribution in [0.5, 0.6) is 5.75 Å². The molecule has 208 valence electrons. The van der Waals surface area contributed by atoms with Gasteiger partial charge in [-0.3, -0.25) is 5.32 Å². The molecule has 0 aliphatic carbocycles. The Bertz CT molecular complexity index is 1240. The molecule has 1 saturated heterocycles. The van der Waals surface area contributed by atoms with Crippen LogP contribution in [0.4, 0.5) is 10.5 Å². The number of hydrogen-bond acceptors (Lipinski definition) is 8. The first-order valence-corrected chi connectivity index (χ1v) is 13.9. The van der Waals surface area contributed by atoms with E-state index in [2.05, 4.69) is 10.1 Å². The Balaban J connectivity index is 1.45. The number of carbonyl (C=O) groups excluding carboxylic acids is 1. The Labute approximate surface area is 236 Å². The van der Waals surface area contributed by atoms with Gasteiger partial charge >= 0.3 is 6.09 Å². The Morgan fingerprint density at radius 2 is 1.72 bits per heavy atom. The average molecular weight is 574 g/mol. The lowest BCUT2D eigenvalue weighted by atomic mass is 9.90. The molecule has 0 radical (unpaired) electrons. The predicted molar refractivity (Wildman–Crippen MR) is 151 cm³/mol. The number of halogens is 1. The zero-order chi connectivity index (χ0) is 27.9. The number of nitrogens with one attached hydrogen (secondary N) is 1. The van der Waals surface area contributed by atoms with E-state index in [9.17, 15) is 20.1 Å².